The van der Waals surface area contributed by atoms with Gasteiger partial charge in [-0.05, 0) is 0 Å². The lowest BCUT2D eigenvalue weighted by atomic mass is 10.4. The first-order valence-electron chi connectivity index (χ1n) is 4.03. The molecule has 0 amide bonds. The van der Waals surface area contributed by atoms with Gasteiger partial charge in [0, 0.05) is 5.75 Å². The summed E-state index contributed by atoms with van der Waals surface area (Å²) >= 11 is 3.69. The molecular formula is C6H16O8S2. The van der Waals surface area contributed by atoms with Crippen molar-refractivity contribution < 1.29 is 38.5 Å². The Balaban J connectivity index is 0. The topological polar surface area (TPSA) is 156 Å². The van der Waals surface area contributed by atoms with Crippen LogP contribution in [0.5, 0.6) is 0 Å². The average molecular weight is 280 g/mol. The highest BCUT2D eigenvalue weighted by molar-refractivity contribution is 7.86. The molecule has 0 rings (SSSR count). The molecule has 3 unspecified atom stereocenters. The van der Waals surface area contributed by atoms with Gasteiger partial charge >= 0.3 is 0 Å². The van der Waals surface area contributed by atoms with Gasteiger partial charge < -0.3 is 25.5 Å². The third-order valence-corrected chi connectivity index (χ3v) is 2.59. The number of aliphatic hydroxyl groups excluding tert-OH is 5. The number of rotatable bonds is 5. The minimum absolute atomic E-state index is 0.191. The highest BCUT2D eigenvalue weighted by Gasteiger charge is 2.27. The Bertz CT molecular complexity index is 249. The fourth-order valence-electron chi connectivity index (χ4n) is 0.346. The average Bonchev–Trinajstić information content (AvgIpc) is 2.25. The molecule has 0 aliphatic carbocycles. The van der Waals surface area contributed by atoms with Gasteiger partial charge in [-0.3, -0.25) is 4.55 Å². The summed E-state index contributed by atoms with van der Waals surface area (Å²) in [7, 11) is -4.67. The Labute approximate surface area is 98.3 Å². The zero-order valence-electron chi connectivity index (χ0n) is 8.21. The van der Waals surface area contributed by atoms with Crippen LogP contribution in [0.15, 0.2) is 0 Å². The van der Waals surface area contributed by atoms with Crippen molar-refractivity contribution in [3.05, 3.63) is 0 Å². The second-order valence-electron chi connectivity index (χ2n) is 2.67. The second-order valence-corrected chi connectivity index (χ2v) is 4.55. The summed E-state index contributed by atoms with van der Waals surface area (Å²) in [5, 5.41) is 41.3. The quantitative estimate of drug-likeness (QED) is 0.205. The monoisotopic (exact) mass is 280 g/mol. The maximum atomic E-state index is 9.97. The van der Waals surface area contributed by atoms with Gasteiger partial charge in [-0.2, -0.15) is 21.0 Å². The number of hydrogen-bond donors (Lipinski definition) is 7. The molecule has 16 heavy (non-hydrogen) atoms. The Morgan fingerprint density at radius 3 is 1.56 bits per heavy atom. The van der Waals surface area contributed by atoms with E-state index in [1.807, 2.05) is 0 Å². The molecule has 100 valence electrons. The maximum Gasteiger partial charge on any atom is 0.294 e. The summed E-state index contributed by atoms with van der Waals surface area (Å²) in [5.41, 5.74) is -2.34. The van der Waals surface area contributed by atoms with Crippen LogP contribution in [0.2, 0.25) is 0 Å². The number of aliphatic hydroxyl groups is 5. The van der Waals surface area contributed by atoms with E-state index >= 15 is 0 Å². The van der Waals surface area contributed by atoms with Crippen molar-refractivity contribution >= 4 is 22.7 Å². The Hall–Kier alpha value is 0.0600. The van der Waals surface area contributed by atoms with Crippen molar-refractivity contribution in [2.24, 2.45) is 0 Å². The van der Waals surface area contributed by atoms with Crippen LogP contribution in [0.4, 0.5) is 0 Å². The minimum atomic E-state index is -4.67. The van der Waals surface area contributed by atoms with Crippen molar-refractivity contribution in [2.75, 3.05) is 19.0 Å². The lowest BCUT2D eigenvalue weighted by molar-refractivity contribution is 0.0206. The van der Waals surface area contributed by atoms with Crippen molar-refractivity contribution in [3.63, 3.8) is 0 Å². The summed E-state index contributed by atoms with van der Waals surface area (Å²) in [6, 6.07) is 0. The maximum absolute atomic E-state index is 9.97. The van der Waals surface area contributed by atoms with Gasteiger partial charge in [0.15, 0.2) is 0 Å². The van der Waals surface area contributed by atoms with Crippen molar-refractivity contribution in [3.8, 4) is 0 Å². The fraction of sp³-hybridized carbons (Fsp3) is 1.00. The van der Waals surface area contributed by atoms with Crippen LogP contribution < -0.4 is 0 Å². The summed E-state index contributed by atoms with van der Waals surface area (Å²) in [6.07, 6.45) is -2.51. The van der Waals surface area contributed by atoms with Gasteiger partial charge in [-0.1, -0.05) is 0 Å². The molecule has 3 atom stereocenters. The predicted molar refractivity (Wildman–Crippen MR) is 57.6 cm³/mol. The van der Waals surface area contributed by atoms with Gasteiger partial charge in [-0.25, -0.2) is 0 Å². The first-order chi connectivity index (χ1) is 7.20. The van der Waals surface area contributed by atoms with E-state index in [9.17, 15) is 8.42 Å². The van der Waals surface area contributed by atoms with Crippen LogP contribution in [-0.4, -0.2) is 75.1 Å². The summed E-state index contributed by atoms with van der Waals surface area (Å²) in [6.45, 7) is -1.12. The molecule has 0 aromatic heterocycles. The van der Waals surface area contributed by atoms with Crippen molar-refractivity contribution in [2.45, 2.75) is 17.6 Å². The lowest BCUT2D eigenvalue weighted by Crippen LogP contribution is -2.35. The fourth-order valence-corrected chi connectivity index (χ4v) is 0.945. The van der Waals surface area contributed by atoms with Gasteiger partial charge in [0.1, 0.15) is 6.10 Å². The SMILES string of the molecule is O=S(=O)(O)C(O)C(O)CO.OCC(O)CS. The highest BCUT2D eigenvalue weighted by atomic mass is 32.2. The number of thiol groups is 1. The first-order valence-corrected chi connectivity index (χ1v) is 6.17. The van der Waals surface area contributed by atoms with Crippen LogP contribution in [0, 0.1) is 0 Å². The molecule has 0 aromatic carbocycles. The normalized spacial score (nSPS) is 16.9. The van der Waals surface area contributed by atoms with Crippen LogP contribution in [-0.2, 0) is 10.1 Å². The molecule has 0 aliphatic heterocycles. The summed E-state index contributed by atoms with van der Waals surface area (Å²) in [4.78, 5) is 0. The third-order valence-electron chi connectivity index (χ3n) is 1.24. The molecule has 0 radical (unpaired) electrons. The molecule has 0 aliphatic rings. The highest BCUT2D eigenvalue weighted by Crippen LogP contribution is 1.99. The van der Waals surface area contributed by atoms with Crippen LogP contribution >= 0.6 is 12.6 Å². The van der Waals surface area contributed by atoms with E-state index in [2.05, 4.69) is 12.6 Å². The standard InChI is InChI=1S/C3H8O6S.C3H8O2S/c4-1-2(5)3(6)10(7,8)9;4-1-3(5)2-6/h2-6H,1H2,(H,7,8,9);3-6H,1-2H2. The molecule has 0 saturated heterocycles. The predicted octanol–water partition coefficient (Wildman–Crippen LogP) is -3.18. The molecule has 0 heterocycles. The molecule has 0 saturated carbocycles. The van der Waals surface area contributed by atoms with E-state index in [1.165, 1.54) is 0 Å². The molecule has 0 spiro atoms. The lowest BCUT2D eigenvalue weighted by Gasteiger charge is -2.10. The molecular weight excluding hydrogens is 264 g/mol. The summed E-state index contributed by atoms with van der Waals surface area (Å²) < 4.78 is 28.0. The Kier molecular flexibility index (Phi) is 10.5. The first kappa shape index (κ1) is 18.4. The number of hydrogen-bond acceptors (Lipinski definition) is 8. The zero-order chi connectivity index (χ0) is 13.4. The molecule has 0 fully saturated rings. The van der Waals surface area contributed by atoms with Crippen molar-refractivity contribution in [1.82, 2.24) is 0 Å². The molecule has 8 nitrogen and oxygen atoms in total. The van der Waals surface area contributed by atoms with E-state index in [1.54, 1.807) is 0 Å². The van der Waals surface area contributed by atoms with E-state index < -0.39 is 34.4 Å². The molecule has 6 N–H and O–H groups in total. The van der Waals surface area contributed by atoms with Crippen LogP contribution in [0.25, 0.3) is 0 Å². The Morgan fingerprint density at radius 2 is 1.50 bits per heavy atom. The van der Waals surface area contributed by atoms with E-state index in [0.717, 1.165) is 0 Å². The van der Waals surface area contributed by atoms with Crippen LogP contribution in [0.3, 0.4) is 0 Å². The van der Waals surface area contributed by atoms with E-state index in [-0.39, 0.29) is 6.61 Å². The second kappa shape index (κ2) is 9.13. The third kappa shape index (κ3) is 9.30. The largest absolute Gasteiger partial charge is 0.394 e. The van der Waals surface area contributed by atoms with Crippen molar-refractivity contribution in [1.29, 1.82) is 0 Å². The Morgan fingerprint density at radius 1 is 1.06 bits per heavy atom. The summed E-state index contributed by atoms with van der Waals surface area (Å²) in [5.74, 6) is 0.330. The zero-order valence-corrected chi connectivity index (χ0v) is 9.92. The molecule has 0 bridgehead atoms. The van der Waals surface area contributed by atoms with E-state index in [4.69, 9.17) is 30.1 Å². The van der Waals surface area contributed by atoms with Gasteiger partial charge in [0.25, 0.3) is 10.1 Å². The minimum Gasteiger partial charge on any atom is -0.394 e. The molecule has 0 aromatic rings. The van der Waals surface area contributed by atoms with E-state index in [0.29, 0.717) is 5.75 Å². The van der Waals surface area contributed by atoms with Gasteiger partial charge in [-0.15, -0.1) is 0 Å². The van der Waals surface area contributed by atoms with Gasteiger partial charge in [0.2, 0.25) is 5.44 Å². The van der Waals surface area contributed by atoms with Gasteiger partial charge in [0.05, 0.1) is 19.3 Å². The smallest absolute Gasteiger partial charge is 0.294 e. The molecule has 10 heteroatoms. The van der Waals surface area contributed by atoms with Crippen LogP contribution in [0.1, 0.15) is 0 Å².